The Kier molecular flexibility index (Phi) is 2.14. The summed E-state index contributed by atoms with van der Waals surface area (Å²) in [7, 11) is 0. The lowest BCUT2D eigenvalue weighted by Crippen LogP contribution is -2.51. The normalized spacial score (nSPS) is 45.0. The summed E-state index contributed by atoms with van der Waals surface area (Å²) < 4.78 is 0. The van der Waals surface area contributed by atoms with Gasteiger partial charge in [0.1, 0.15) is 0 Å². The van der Waals surface area contributed by atoms with Gasteiger partial charge in [0.15, 0.2) is 0 Å². The Balaban J connectivity index is 1.99. The molecule has 0 aromatic rings. The molecule has 1 saturated carbocycles. The Hall–Kier alpha value is -0.0800. The highest BCUT2D eigenvalue weighted by Gasteiger charge is 2.32. The molecule has 11 heavy (non-hydrogen) atoms. The first kappa shape index (κ1) is 7.56. The van der Waals surface area contributed by atoms with Crippen LogP contribution in [0, 0.1) is 5.92 Å². The van der Waals surface area contributed by atoms with Crippen LogP contribution in [0.3, 0.4) is 0 Å². The van der Waals surface area contributed by atoms with Gasteiger partial charge in [0.25, 0.3) is 0 Å². The van der Waals surface area contributed by atoms with Gasteiger partial charge >= 0.3 is 0 Å². The van der Waals surface area contributed by atoms with E-state index in [2.05, 4.69) is 5.32 Å². The molecule has 3 N–H and O–H groups in total. The second kappa shape index (κ2) is 3.11. The number of fused-ring (bicyclic) bond motifs is 1. The summed E-state index contributed by atoms with van der Waals surface area (Å²) in [6.07, 6.45) is 6.63. The van der Waals surface area contributed by atoms with E-state index in [1.54, 1.807) is 0 Å². The third kappa shape index (κ3) is 1.42. The van der Waals surface area contributed by atoms with Gasteiger partial charge < -0.3 is 11.1 Å². The summed E-state index contributed by atoms with van der Waals surface area (Å²) in [5.74, 6) is 0.789. The lowest BCUT2D eigenvalue weighted by Gasteiger charge is -2.40. The molecule has 2 aliphatic rings. The van der Waals surface area contributed by atoms with E-state index in [-0.39, 0.29) is 0 Å². The van der Waals surface area contributed by atoms with E-state index >= 15 is 0 Å². The van der Waals surface area contributed by atoms with Crippen LogP contribution >= 0.6 is 0 Å². The molecule has 2 heteroatoms. The van der Waals surface area contributed by atoms with Gasteiger partial charge in [-0.05, 0) is 38.1 Å². The predicted octanol–water partition coefficient (Wildman–Crippen LogP) is 0.866. The number of hydrogen-bond acceptors (Lipinski definition) is 2. The maximum atomic E-state index is 6.05. The Morgan fingerprint density at radius 2 is 2.00 bits per heavy atom. The molecule has 2 rings (SSSR count). The van der Waals surface area contributed by atoms with Crippen molar-refractivity contribution < 1.29 is 0 Å². The lowest BCUT2D eigenvalue weighted by molar-refractivity contribution is 0.184. The average Bonchev–Trinajstić information content (AvgIpc) is 2.06. The molecule has 1 saturated heterocycles. The van der Waals surface area contributed by atoms with Gasteiger partial charge in [-0.25, -0.2) is 0 Å². The summed E-state index contributed by atoms with van der Waals surface area (Å²) in [5, 5.41) is 3.57. The van der Waals surface area contributed by atoms with E-state index in [0.29, 0.717) is 6.04 Å². The zero-order valence-electron chi connectivity index (χ0n) is 7.05. The maximum Gasteiger partial charge on any atom is 0.0110 e. The maximum absolute atomic E-state index is 6.05. The molecule has 0 aromatic carbocycles. The first-order valence-electron chi connectivity index (χ1n) is 4.87. The second-order valence-corrected chi connectivity index (χ2v) is 3.96. The van der Waals surface area contributed by atoms with E-state index in [9.17, 15) is 0 Å². The standard InChI is InChI=1S/C9H18N2/c10-8-4-1-5-9-7(8)3-2-6-11-9/h7-9,11H,1-6,10H2. The van der Waals surface area contributed by atoms with Crippen LogP contribution in [-0.4, -0.2) is 18.6 Å². The fourth-order valence-electron chi connectivity index (χ4n) is 2.59. The lowest BCUT2D eigenvalue weighted by atomic mass is 9.76. The van der Waals surface area contributed by atoms with Crippen molar-refractivity contribution in [3.63, 3.8) is 0 Å². The molecule has 0 bridgehead atoms. The Labute approximate surface area is 68.5 Å². The van der Waals surface area contributed by atoms with Crippen molar-refractivity contribution in [1.29, 1.82) is 0 Å². The third-order valence-electron chi connectivity index (χ3n) is 3.24. The molecule has 0 amide bonds. The minimum atomic E-state index is 0.488. The van der Waals surface area contributed by atoms with Crippen LogP contribution in [-0.2, 0) is 0 Å². The molecule has 1 aliphatic heterocycles. The van der Waals surface area contributed by atoms with Crippen LogP contribution in [0.2, 0.25) is 0 Å². The van der Waals surface area contributed by atoms with Crippen LogP contribution in [0.5, 0.6) is 0 Å². The number of rotatable bonds is 0. The molecular formula is C9H18N2. The Morgan fingerprint density at radius 1 is 1.09 bits per heavy atom. The smallest absolute Gasteiger partial charge is 0.0110 e. The van der Waals surface area contributed by atoms with Crippen LogP contribution in [0.25, 0.3) is 0 Å². The van der Waals surface area contributed by atoms with E-state index in [4.69, 9.17) is 5.73 Å². The highest BCUT2D eigenvalue weighted by Crippen LogP contribution is 2.29. The topological polar surface area (TPSA) is 38.0 Å². The molecular weight excluding hydrogens is 136 g/mol. The zero-order chi connectivity index (χ0) is 7.68. The van der Waals surface area contributed by atoms with Crippen molar-refractivity contribution in [1.82, 2.24) is 5.32 Å². The average molecular weight is 154 g/mol. The van der Waals surface area contributed by atoms with Crippen LogP contribution in [0.4, 0.5) is 0 Å². The largest absolute Gasteiger partial charge is 0.327 e. The highest BCUT2D eigenvalue weighted by molar-refractivity contribution is 4.91. The van der Waals surface area contributed by atoms with Crippen LogP contribution in [0.1, 0.15) is 32.1 Å². The molecule has 0 radical (unpaired) electrons. The summed E-state index contributed by atoms with van der Waals surface area (Å²) in [4.78, 5) is 0. The van der Waals surface area contributed by atoms with Gasteiger partial charge in [-0.15, -0.1) is 0 Å². The van der Waals surface area contributed by atoms with Crippen molar-refractivity contribution in [2.45, 2.75) is 44.2 Å². The van der Waals surface area contributed by atoms with Gasteiger partial charge in [0.05, 0.1) is 0 Å². The number of piperidine rings is 1. The molecule has 0 spiro atoms. The van der Waals surface area contributed by atoms with Crippen molar-refractivity contribution in [3.8, 4) is 0 Å². The van der Waals surface area contributed by atoms with Gasteiger partial charge in [-0.1, -0.05) is 6.42 Å². The minimum absolute atomic E-state index is 0.488. The number of nitrogens with two attached hydrogens (primary N) is 1. The fourth-order valence-corrected chi connectivity index (χ4v) is 2.59. The first-order chi connectivity index (χ1) is 5.38. The molecule has 2 nitrogen and oxygen atoms in total. The molecule has 1 heterocycles. The highest BCUT2D eigenvalue weighted by atomic mass is 14.9. The molecule has 3 atom stereocenters. The SMILES string of the molecule is NC1CCCC2NCCCC12. The summed E-state index contributed by atoms with van der Waals surface area (Å²) in [5.41, 5.74) is 6.05. The van der Waals surface area contributed by atoms with E-state index in [1.165, 1.54) is 38.6 Å². The summed E-state index contributed by atoms with van der Waals surface area (Å²) in [6, 6.07) is 1.24. The predicted molar refractivity (Wildman–Crippen MR) is 46.3 cm³/mol. The number of hydrogen-bond donors (Lipinski definition) is 2. The van der Waals surface area contributed by atoms with Crippen molar-refractivity contribution in [2.75, 3.05) is 6.54 Å². The van der Waals surface area contributed by atoms with E-state index in [0.717, 1.165) is 12.0 Å². The van der Waals surface area contributed by atoms with Gasteiger partial charge in [0.2, 0.25) is 0 Å². The summed E-state index contributed by atoms with van der Waals surface area (Å²) >= 11 is 0. The monoisotopic (exact) mass is 154 g/mol. The van der Waals surface area contributed by atoms with Gasteiger partial charge in [0, 0.05) is 12.1 Å². The second-order valence-electron chi connectivity index (χ2n) is 3.96. The van der Waals surface area contributed by atoms with Gasteiger partial charge in [-0.2, -0.15) is 0 Å². The van der Waals surface area contributed by atoms with Crippen LogP contribution < -0.4 is 11.1 Å². The van der Waals surface area contributed by atoms with Crippen molar-refractivity contribution >= 4 is 0 Å². The van der Waals surface area contributed by atoms with Crippen molar-refractivity contribution in [2.24, 2.45) is 11.7 Å². The summed E-state index contributed by atoms with van der Waals surface area (Å²) in [6.45, 7) is 1.22. The third-order valence-corrected chi connectivity index (χ3v) is 3.24. The molecule has 2 fully saturated rings. The Morgan fingerprint density at radius 3 is 2.82 bits per heavy atom. The molecule has 1 aliphatic carbocycles. The first-order valence-corrected chi connectivity index (χ1v) is 4.87. The minimum Gasteiger partial charge on any atom is -0.327 e. The zero-order valence-corrected chi connectivity index (χ0v) is 7.05. The van der Waals surface area contributed by atoms with E-state index < -0.39 is 0 Å². The molecule has 3 unspecified atom stereocenters. The van der Waals surface area contributed by atoms with Crippen molar-refractivity contribution in [3.05, 3.63) is 0 Å². The molecule has 0 aromatic heterocycles. The quantitative estimate of drug-likeness (QED) is 0.543. The number of nitrogens with one attached hydrogen (secondary N) is 1. The molecule has 64 valence electrons. The van der Waals surface area contributed by atoms with Crippen LogP contribution in [0.15, 0.2) is 0 Å². The Bertz CT molecular complexity index is 134. The fraction of sp³-hybridized carbons (Fsp3) is 1.00. The van der Waals surface area contributed by atoms with Gasteiger partial charge in [-0.3, -0.25) is 0 Å². The van der Waals surface area contributed by atoms with E-state index in [1.807, 2.05) is 0 Å².